The molecule has 0 spiro atoms. The number of halogens is 1. The number of hydrogen-bond donors (Lipinski definition) is 2. The molecule has 1 aromatic heterocycles. The number of nitrogens with one attached hydrogen (secondary N) is 2. The van der Waals surface area contributed by atoms with Crippen LogP contribution in [0.15, 0.2) is 27.1 Å². The predicted molar refractivity (Wildman–Crippen MR) is 110 cm³/mol. The number of carbonyl (C=O) groups excluding carboxylic acids is 1. The Labute approximate surface area is 166 Å². The number of ether oxygens (including phenoxy) is 1. The molecule has 0 unspecified atom stereocenters. The van der Waals surface area contributed by atoms with Crippen molar-refractivity contribution in [2.45, 2.75) is 45.6 Å². The van der Waals surface area contributed by atoms with Gasteiger partial charge in [0, 0.05) is 13.6 Å². The normalized spacial score (nSPS) is 14.4. The summed E-state index contributed by atoms with van der Waals surface area (Å²) in [6, 6.07) is 1.70. The van der Waals surface area contributed by atoms with Crippen LogP contribution in [-0.4, -0.2) is 32.6 Å². The first-order valence-corrected chi connectivity index (χ1v) is 8.44. The molecule has 0 bridgehead atoms. The Bertz CT molecular complexity index is 623. The van der Waals surface area contributed by atoms with Gasteiger partial charge in [-0.05, 0) is 45.1 Å². The molecule has 140 valence electrons. The molecule has 2 rings (SSSR count). The van der Waals surface area contributed by atoms with Crippen molar-refractivity contribution in [3.8, 4) is 0 Å². The van der Waals surface area contributed by atoms with E-state index in [0.29, 0.717) is 23.6 Å². The van der Waals surface area contributed by atoms with Crippen molar-refractivity contribution in [2.75, 3.05) is 20.7 Å². The summed E-state index contributed by atoms with van der Waals surface area (Å²) < 4.78 is 10.3. The van der Waals surface area contributed by atoms with Gasteiger partial charge in [0.2, 0.25) is 0 Å². The predicted octanol–water partition coefficient (Wildman–Crippen LogP) is 3.55. The molecule has 0 aromatic carbocycles. The third-order valence-corrected chi connectivity index (χ3v) is 4.15. The van der Waals surface area contributed by atoms with Crippen LogP contribution in [0.4, 0.5) is 0 Å². The zero-order valence-corrected chi connectivity index (χ0v) is 17.5. The second kappa shape index (κ2) is 11.2. The summed E-state index contributed by atoms with van der Waals surface area (Å²) in [5, 5.41) is 6.50. The molecule has 0 amide bonds. The van der Waals surface area contributed by atoms with Crippen molar-refractivity contribution in [3.63, 3.8) is 0 Å². The van der Waals surface area contributed by atoms with Crippen molar-refractivity contribution in [1.29, 1.82) is 0 Å². The maximum Gasteiger partial charge on any atom is 0.341 e. The number of aliphatic imine (C=N–C) groups is 1. The van der Waals surface area contributed by atoms with Gasteiger partial charge in [-0.25, -0.2) is 4.79 Å². The average Bonchev–Trinajstić information content (AvgIpc) is 2.99. The minimum absolute atomic E-state index is 0. The van der Waals surface area contributed by atoms with Gasteiger partial charge < -0.3 is 19.8 Å². The maximum atomic E-state index is 11.6. The van der Waals surface area contributed by atoms with Gasteiger partial charge in [0.05, 0.1) is 13.7 Å². The first kappa shape index (κ1) is 21.5. The highest BCUT2D eigenvalue weighted by atomic mass is 127. The van der Waals surface area contributed by atoms with Gasteiger partial charge in [0.1, 0.15) is 17.1 Å². The molecule has 0 saturated carbocycles. The number of aryl methyl sites for hydroxylation is 1. The molecule has 0 aliphatic heterocycles. The van der Waals surface area contributed by atoms with E-state index in [1.807, 2.05) is 0 Å². The van der Waals surface area contributed by atoms with E-state index in [4.69, 9.17) is 9.15 Å². The van der Waals surface area contributed by atoms with Crippen molar-refractivity contribution in [3.05, 3.63) is 34.8 Å². The Balaban J connectivity index is 0.00000312. The lowest BCUT2D eigenvalue weighted by Gasteiger charge is -2.14. The van der Waals surface area contributed by atoms with Crippen LogP contribution in [0.5, 0.6) is 0 Å². The van der Waals surface area contributed by atoms with Crippen LogP contribution in [0.25, 0.3) is 0 Å². The van der Waals surface area contributed by atoms with Crippen LogP contribution in [0.1, 0.15) is 54.0 Å². The number of furan rings is 1. The molecule has 0 fully saturated rings. The highest BCUT2D eigenvalue weighted by molar-refractivity contribution is 14.0. The summed E-state index contributed by atoms with van der Waals surface area (Å²) in [4.78, 5) is 15.8. The van der Waals surface area contributed by atoms with Gasteiger partial charge in [-0.1, -0.05) is 11.6 Å². The molecule has 1 aliphatic rings. The molecule has 2 N–H and O–H groups in total. The topological polar surface area (TPSA) is 75.9 Å². The highest BCUT2D eigenvalue weighted by Gasteiger charge is 2.15. The number of rotatable bonds is 6. The smallest absolute Gasteiger partial charge is 0.341 e. The fourth-order valence-electron chi connectivity index (χ4n) is 2.81. The monoisotopic (exact) mass is 461 g/mol. The van der Waals surface area contributed by atoms with Crippen LogP contribution in [0, 0.1) is 6.92 Å². The molecule has 1 aromatic rings. The first-order valence-electron chi connectivity index (χ1n) is 8.44. The lowest BCUT2D eigenvalue weighted by Crippen LogP contribution is -2.37. The summed E-state index contributed by atoms with van der Waals surface area (Å²) in [6.45, 7) is 3.07. The van der Waals surface area contributed by atoms with E-state index >= 15 is 0 Å². The van der Waals surface area contributed by atoms with Crippen molar-refractivity contribution in [1.82, 2.24) is 10.6 Å². The van der Waals surface area contributed by atoms with Crippen LogP contribution in [0.2, 0.25) is 0 Å². The molecular weight excluding hydrogens is 433 g/mol. The molecular formula is C18H28IN3O3. The quantitative estimate of drug-likeness (QED) is 0.223. The minimum Gasteiger partial charge on any atom is -0.465 e. The standard InChI is InChI=1S/C18H27N3O3.HI/c1-13-16(17(22)23-3)11-15(24-13)12-21-18(19-2)20-10-9-14-7-5-4-6-8-14;/h7,11H,4-6,8-10,12H2,1-3H3,(H2,19,20,21);1H. The van der Waals surface area contributed by atoms with Gasteiger partial charge in [0.15, 0.2) is 5.96 Å². The largest absolute Gasteiger partial charge is 0.465 e. The lowest BCUT2D eigenvalue weighted by atomic mass is 9.97. The highest BCUT2D eigenvalue weighted by Crippen LogP contribution is 2.19. The van der Waals surface area contributed by atoms with Crippen molar-refractivity contribution >= 4 is 35.9 Å². The number of nitrogens with zero attached hydrogens (tertiary/aromatic N) is 1. The molecule has 6 nitrogen and oxygen atoms in total. The van der Waals surface area contributed by atoms with Gasteiger partial charge in [0.25, 0.3) is 0 Å². The van der Waals surface area contributed by atoms with Crippen molar-refractivity contribution < 1.29 is 13.9 Å². The summed E-state index contributed by atoms with van der Waals surface area (Å²) >= 11 is 0. The first-order chi connectivity index (χ1) is 11.6. The Kier molecular flexibility index (Phi) is 9.62. The van der Waals surface area contributed by atoms with E-state index in [1.165, 1.54) is 38.4 Å². The van der Waals surface area contributed by atoms with Crippen LogP contribution in [0.3, 0.4) is 0 Å². The summed E-state index contributed by atoms with van der Waals surface area (Å²) in [5.74, 6) is 1.57. The third-order valence-electron chi connectivity index (χ3n) is 4.15. The number of hydrogen-bond acceptors (Lipinski definition) is 4. The maximum absolute atomic E-state index is 11.6. The summed E-state index contributed by atoms with van der Waals surface area (Å²) in [5.41, 5.74) is 2.00. The Morgan fingerprint density at radius 3 is 2.80 bits per heavy atom. The fraction of sp³-hybridized carbons (Fsp3) is 0.556. The van der Waals surface area contributed by atoms with Gasteiger partial charge in [-0.15, -0.1) is 24.0 Å². The molecule has 0 saturated heterocycles. The molecule has 1 aliphatic carbocycles. The molecule has 7 heteroatoms. The number of carbonyl (C=O) groups is 1. The summed E-state index contributed by atoms with van der Waals surface area (Å²) in [7, 11) is 3.10. The van der Waals surface area contributed by atoms with Crippen LogP contribution >= 0.6 is 24.0 Å². The van der Waals surface area contributed by atoms with Crippen LogP contribution < -0.4 is 10.6 Å². The molecule has 1 heterocycles. The number of methoxy groups -OCH3 is 1. The van der Waals surface area contributed by atoms with E-state index in [1.54, 1.807) is 20.0 Å². The average molecular weight is 461 g/mol. The number of allylic oxidation sites excluding steroid dienone is 1. The Hall–Kier alpha value is -1.51. The van der Waals surface area contributed by atoms with Gasteiger partial charge in [-0.3, -0.25) is 4.99 Å². The van der Waals surface area contributed by atoms with E-state index in [9.17, 15) is 4.79 Å². The molecule has 0 radical (unpaired) electrons. The van der Waals surface area contributed by atoms with Crippen LogP contribution in [-0.2, 0) is 11.3 Å². The SMILES string of the molecule is CN=C(NCCC1=CCCCC1)NCc1cc(C(=O)OC)c(C)o1.I. The third kappa shape index (κ3) is 6.72. The van der Waals surface area contributed by atoms with E-state index < -0.39 is 0 Å². The van der Waals surface area contributed by atoms with Crippen molar-refractivity contribution in [2.24, 2.45) is 4.99 Å². The Morgan fingerprint density at radius 2 is 2.16 bits per heavy atom. The second-order valence-corrected chi connectivity index (χ2v) is 5.88. The zero-order chi connectivity index (χ0) is 17.4. The molecule has 0 atom stereocenters. The molecule has 25 heavy (non-hydrogen) atoms. The van der Waals surface area contributed by atoms with Gasteiger partial charge in [-0.2, -0.15) is 0 Å². The number of esters is 1. The minimum atomic E-state index is -0.384. The van der Waals surface area contributed by atoms with E-state index in [2.05, 4.69) is 21.7 Å². The Morgan fingerprint density at radius 1 is 1.36 bits per heavy atom. The number of guanidine groups is 1. The second-order valence-electron chi connectivity index (χ2n) is 5.88. The van der Waals surface area contributed by atoms with E-state index in [-0.39, 0.29) is 29.9 Å². The zero-order valence-electron chi connectivity index (χ0n) is 15.2. The van der Waals surface area contributed by atoms with Gasteiger partial charge >= 0.3 is 5.97 Å². The lowest BCUT2D eigenvalue weighted by molar-refractivity contribution is 0.0599. The van der Waals surface area contributed by atoms with E-state index in [0.717, 1.165) is 18.9 Å². The summed E-state index contributed by atoms with van der Waals surface area (Å²) in [6.07, 6.45) is 8.46. The fourth-order valence-corrected chi connectivity index (χ4v) is 2.81.